The first-order valence-electron chi connectivity index (χ1n) is 6.60. The molecule has 0 aliphatic carbocycles. The molecule has 2 aromatic rings. The Balaban J connectivity index is 2.28. The number of hydrogen-bond donors (Lipinski definition) is 2. The molecule has 2 rings (SSSR count). The number of anilines is 1. The third kappa shape index (κ3) is 4.01. The molecule has 1 atom stereocenters. The number of nitrogens with one attached hydrogen (secondary N) is 1. The first-order chi connectivity index (χ1) is 9.92. The molecule has 5 heteroatoms. The van der Waals surface area contributed by atoms with Crippen molar-refractivity contribution in [1.82, 2.24) is 0 Å². The third-order valence-corrected chi connectivity index (χ3v) is 5.84. The Morgan fingerprint density at radius 2 is 1.76 bits per heavy atom. The van der Waals surface area contributed by atoms with Crippen LogP contribution in [0.15, 0.2) is 39.3 Å². The topological polar surface area (TPSA) is 38.0 Å². The maximum Gasteiger partial charge on any atom is 0.0636 e. The first kappa shape index (κ1) is 16.8. The van der Waals surface area contributed by atoms with Gasteiger partial charge in [0.2, 0.25) is 0 Å². The molecule has 0 radical (unpaired) electrons. The van der Waals surface area contributed by atoms with Gasteiger partial charge in [0.15, 0.2) is 0 Å². The van der Waals surface area contributed by atoms with E-state index in [0.29, 0.717) is 11.6 Å². The van der Waals surface area contributed by atoms with Crippen LogP contribution >= 0.6 is 43.5 Å². The van der Waals surface area contributed by atoms with Crippen molar-refractivity contribution in [2.24, 2.45) is 5.73 Å². The molecule has 21 heavy (non-hydrogen) atoms. The Bertz CT molecular complexity index is 636. The first-order valence-corrected chi connectivity index (χ1v) is 8.57. The maximum absolute atomic E-state index is 6.17. The molecule has 0 aliphatic heterocycles. The number of aryl methyl sites for hydroxylation is 2. The fourth-order valence-corrected chi connectivity index (χ4v) is 2.90. The van der Waals surface area contributed by atoms with Crippen LogP contribution in [0.1, 0.15) is 22.7 Å². The van der Waals surface area contributed by atoms with Crippen LogP contribution in [0, 0.1) is 13.8 Å². The summed E-state index contributed by atoms with van der Waals surface area (Å²) in [6, 6.07) is 10.2. The Hall–Kier alpha value is -0.550. The average Bonchev–Trinajstić information content (AvgIpc) is 2.45. The van der Waals surface area contributed by atoms with Crippen LogP contribution in [-0.4, -0.2) is 6.54 Å². The van der Waals surface area contributed by atoms with Gasteiger partial charge in [0.25, 0.3) is 0 Å². The van der Waals surface area contributed by atoms with Crippen LogP contribution in [0.3, 0.4) is 0 Å². The molecule has 0 saturated carbocycles. The van der Waals surface area contributed by atoms with Crippen molar-refractivity contribution in [2.75, 3.05) is 11.9 Å². The van der Waals surface area contributed by atoms with E-state index in [1.165, 1.54) is 11.1 Å². The summed E-state index contributed by atoms with van der Waals surface area (Å²) in [5.74, 6) is 0. The molecule has 1 unspecified atom stereocenters. The van der Waals surface area contributed by atoms with E-state index >= 15 is 0 Å². The summed E-state index contributed by atoms with van der Waals surface area (Å²) in [5.41, 5.74) is 10.4. The predicted octanol–water partition coefficient (Wildman–Crippen LogP) is 5.59. The molecular weight excluding hydrogens is 415 g/mol. The second kappa shape index (κ2) is 7.14. The predicted molar refractivity (Wildman–Crippen MR) is 98.2 cm³/mol. The summed E-state index contributed by atoms with van der Waals surface area (Å²) in [4.78, 5) is 0. The molecule has 2 aromatic carbocycles. The lowest BCUT2D eigenvalue weighted by molar-refractivity contribution is 0.789. The summed E-state index contributed by atoms with van der Waals surface area (Å²) in [6.45, 7) is 4.65. The monoisotopic (exact) mass is 430 g/mol. The molecule has 0 heterocycles. The van der Waals surface area contributed by atoms with Crippen molar-refractivity contribution in [3.8, 4) is 0 Å². The summed E-state index contributed by atoms with van der Waals surface area (Å²) in [6.07, 6.45) is 0. The normalized spacial score (nSPS) is 12.3. The lowest BCUT2D eigenvalue weighted by atomic mass is 10.1. The van der Waals surface area contributed by atoms with Gasteiger partial charge in [-0.05, 0) is 70.7 Å². The minimum absolute atomic E-state index is 0.0237. The number of benzene rings is 2. The highest BCUT2D eigenvalue weighted by Gasteiger charge is 2.12. The van der Waals surface area contributed by atoms with E-state index in [2.05, 4.69) is 63.2 Å². The zero-order valence-corrected chi connectivity index (χ0v) is 15.8. The maximum atomic E-state index is 6.17. The molecule has 0 aromatic heterocycles. The number of halogens is 3. The molecule has 0 aliphatic rings. The van der Waals surface area contributed by atoms with Crippen molar-refractivity contribution < 1.29 is 0 Å². The Labute approximate surface area is 147 Å². The van der Waals surface area contributed by atoms with Gasteiger partial charge in [-0.25, -0.2) is 0 Å². The van der Waals surface area contributed by atoms with Crippen LogP contribution in [0.2, 0.25) is 5.02 Å². The Morgan fingerprint density at radius 1 is 1.14 bits per heavy atom. The van der Waals surface area contributed by atoms with E-state index in [0.717, 1.165) is 20.2 Å². The van der Waals surface area contributed by atoms with Gasteiger partial charge in [0.1, 0.15) is 0 Å². The molecule has 2 nitrogen and oxygen atoms in total. The summed E-state index contributed by atoms with van der Waals surface area (Å²) >= 11 is 13.2. The van der Waals surface area contributed by atoms with Crippen LogP contribution in [0.4, 0.5) is 5.69 Å². The van der Waals surface area contributed by atoms with Crippen molar-refractivity contribution in [3.05, 3.63) is 61.0 Å². The summed E-state index contributed by atoms with van der Waals surface area (Å²) in [7, 11) is 0. The van der Waals surface area contributed by atoms with E-state index in [1.54, 1.807) is 0 Å². The van der Waals surface area contributed by atoms with E-state index < -0.39 is 0 Å². The Morgan fingerprint density at radius 3 is 2.29 bits per heavy atom. The van der Waals surface area contributed by atoms with Crippen LogP contribution < -0.4 is 11.1 Å². The van der Waals surface area contributed by atoms with Crippen molar-refractivity contribution in [1.29, 1.82) is 0 Å². The lowest BCUT2D eigenvalue weighted by Gasteiger charge is -2.20. The van der Waals surface area contributed by atoms with Gasteiger partial charge in [-0.15, -0.1) is 0 Å². The van der Waals surface area contributed by atoms with Gasteiger partial charge in [0, 0.05) is 21.2 Å². The molecular formula is C16H17Br2ClN2. The van der Waals surface area contributed by atoms with Crippen LogP contribution in [0.5, 0.6) is 0 Å². The van der Waals surface area contributed by atoms with Crippen molar-refractivity contribution >= 4 is 49.1 Å². The highest BCUT2D eigenvalue weighted by Crippen LogP contribution is 2.30. The zero-order chi connectivity index (χ0) is 15.6. The van der Waals surface area contributed by atoms with E-state index in [1.807, 2.05) is 18.2 Å². The largest absolute Gasteiger partial charge is 0.377 e. The second-order valence-corrected chi connectivity index (χ2v) is 7.08. The van der Waals surface area contributed by atoms with Gasteiger partial charge in [-0.1, -0.05) is 33.6 Å². The van der Waals surface area contributed by atoms with E-state index in [4.69, 9.17) is 17.3 Å². The van der Waals surface area contributed by atoms with Crippen molar-refractivity contribution in [2.45, 2.75) is 19.9 Å². The quantitative estimate of drug-likeness (QED) is 0.661. The third-order valence-electron chi connectivity index (χ3n) is 3.36. The SMILES string of the molecule is Cc1cc(NC(CN)c2ccc(Br)c(Cl)c2)cc(C)c1Br. The number of hydrogen-bond acceptors (Lipinski definition) is 2. The van der Waals surface area contributed by atoms with Gasteiger partial charge in [-0.3, -0.25) is 0 Å². The fourth-order valence-electron chi connectivity index (χ4n) is 2.24. The minimum atomic E-state index is 0.0237. The highest BCUT2D eigenvalue weighted by atomic mass is 79.9. The number of nitrogens with two attached hydrogens (primary N) is 1. The molecule has 112 valence electrons. The smallest absolute Gasteiger partial charge is 0.0636 e. The number of rotatable bonds is 4. The fraction of sp³-hybridized carbons (Fsp3) is 0.250. The lowest BCUT2D eigenvalue weighted by Crippen LogP contribution is -2.20. The standard InChI is InChI=1S/C16H17Br2ClN2/c1-9-5-12(6-10(2)16(9)18)21-15(8-20)11-3-4-13(17)14(19)7-11/h3-7,15,21H,8,20H2,1-2H3. The van der Waals surface area contributed by atoms with E-state index in [-0.39, 0.29) is 6.04 Å². The average molecular weight is 433 g/mol. The molecule has 0 spiro atoms. The molecule has 3 N–H and O–H groups in total. The van der Waals surface area contributed by atoms with Crippen LogP contribution in [-0.2, 0) is 0 Å². The summed E-state index contributed by atoms with van der Waals surface area (Å²) in [5, 5.41) is 4.17. The molecule has 0 saturated heterocycles. The van der Waals surface area contributed by atoms with Gasteiger partial charge in [0.05, 0.1) is 11.1 Å². The molecule has 0 fully saturated rings. The molecule has 0 bridgehead atoms. The second-order valence-electron chi connectivity index (χ2n) is 5.03. The zero-order valence-electron chi connectivity index (χ0n) is 11.9. The van der Waals surface area contributed by atoms with E-state index in [9.17, 15) is 0 Å². The Kier molecular flexibility index (Phi) is 5.72. The van der Waals surface area contributed by atoms with Crippen LogP contribution in [0.25, 0.3) is 0 Å². The van der Waals surface area contributed by atoms with Gasteiger partial charge < -0.3 is 11.1 Å². The van der Waals surface area contributed by atoms with Gasteiger partial charge in [-0.2, -0.15) is 0 Å². The molecule has 0 amide bonds. The van der Waals surface area contributed by atoms with Gasteiger partial charge >= 0.3 is 0 Å². The minimum Gasteiger partial charge on any atom is -0.377 e. The van der Waals surface area contributed by atoms with Crippen molar-refractivity contribution in [3.63, 3.8) is 0 Å². The summed E-state index contributed by atoms with van der Waals surface area (Å²) < 4.78 is 2.03. The highest BCUT2D eigenvalue weighted by molar-refractivity contribution is 9.10.